The molecule has 8 nitrogen and oxygen atoms in total. The zero-order valence-corrected chi connectivity index (χ0v) is 21.2. The monoisotopic (exact) mass is 537 g/mol. The summed E-state index contributed by atoms with van der Waals surface area (Å²) in [4.78, 5) is 12.9. The van der Waals surface area contributed by atoms with E-state index in [2.05, 4.69) is 22.2 Å². The molecule has 4 rings (SSSR count). The van der Waals surface area contributed by atoms with E-state index in [9.17, 15) is 13.2 Å². The Bertz CT molecular complexity index is 1470. The van der Waals surface area contributed by atoms with E-state index in [-0.39, 0.29) is 18.0 Å². The highest BCUT2D eigenvalue weighted by Crippen LogP contribution is 2.20. The van der Waals surface area contributed by atoms with Gasteiger partial charge in [-0.15, -0.1) is 0 Å². The Morgan fingerprint density at radius 1 is 0.919 bits per heavy atom. The number of carbonyl (C=O) groups is 1. The predicted molar refractivity (Wildman–Crippen MR) is 141 cm³/mol. The van der Waals surface area contributed by atoms with Crippen molar-refractivity contribution in [2.75, 3.05) is 0 Å². The normalized spacial score (nSPS) is 11.1. The van der Waals surface area contributed by atoms with Gasteiger partial charge in [0.1, 0.15) is 18.1 Å². The van der Waals surface area contributed by atoms with Crippen LogP contribution in [0.4, 0.5) is 0 Å². The lowest BCUT2D eigenvalue weighted by Gasteiger charge is -2.14. The molecule has 1 amide bonds. The van der Waals surface area contributed by atoms with Crippen molar-refractivity contribution in [1.82, 2.24) is 15.6 Å². The zero-order chi connectivity index (χ0) is 26.3. The molecular weight excluding hydrogens is 514 g/mol. The highest BCUT2D eigenvalue weighted by Gasteiger charge is 2.16. The van der Waals surface area contributed by atoms with Gasteiger partial charge >= 0.3 is 0 Å². The van der Waals surface area contributed by atoms with Gasteiger partial charge < -0.3 is 9.15 Å². The quantitative estimate of drug-likeness (QED) is 0.235. The third kappa shape index (κ3) is 7.01. The number of hydrazine groups is 1. The van der Waals surface area contributed by atoms with Gasteiger partial charge in [0.05, 0.1) is 29.0 Å². The summed E-state index contributed by atoms with van der Waals surface area (Å²) in [6.07, 6.45) is 1.48. The van der Waals surface area contributed by atoms with E-state index < -0.39 is 15.9 Å². The highest BCUT2D eigenvalue weighted by molar-refractivity contribution is 7.89. The second-order valence-corrected chi connectivity index (χ2v) is 10.1. The van der Waals surface area contributed by atoms with E-state index in [0.717, 1.165) is 5.56 Å². The molecule has 0 saturated heterocycles. The van der Waals surface area contributed by atoms with Gasteiger partial charge in [0.15, 0.2) is 0 Å². The number of rotatable bonds is 11. The Morgan fingerprint density at radius 2 is 1.65 bits per heavy atom. The topological polar surface area (TPSA) is 110 Å². The largest absolute Gasteiger partial charge is 0.488 e. The van der Waals surface area contributed by atoms with Crippen LogP contribution in [-0.4, -0.2) is 14.3 Å². The molecule has 0 aliphatic rings. The van der Waals surface area contributed by atoms with Crippen LogP contribution in [0.25, 0.3) is 5.70 Å². The molecule has 0 spiro atoms. The summed E-state index contributed by atoms with van der Waals surface area (Å²) in [6.45, 7) is 4.23. The van der Waals surface area contributed by atoms with Crippen LogP contribution in [0.15, 0.2) is 107 Å². The molecule has 0 saturated carbocycles. The van der Waals surface area contributed by atoms with Crippen LogP contribution in [0.1, 0.15) is 27.2 Å². The lowest BCUT2D eigenvalue weighted by molar-refractivity contribution is 0.0938. The number of benzene rings is 3. The van der Waals surface area contributed by atoms with Crippen molar-refractivity contribution < 1.29 is 22.4 Å². The van der Waals surface area contributed by atoms with Gasteiger partial charge in [-0.25, -0.2) is 13.1 Å². The number of hydrogen-bond donors (Lipinski definition) is 3. The third-order valence-corrected chi connectivity index (χ3v) is 6.96. The van der Waals surface area contributed by atoms with Crippen molar-refractivity contribution >= 4 is 33.2 Å². The molecule has 4 aromatic rings. The summed E-state index contributed by atoms with van der Waals surface area (Å²) >= 11 is 5.92. The molecule has 10 heteroatoms. The lowest BCUT2D eigenvalue weighted by Crippen LogP contribution is -2.36. The average molecular weight is 538 g/mol. The Hall–Kier alpha value is -4.05. The number of hydrogen-bond acceptors (Lipinski definition) is 6. The summed E-state index contributed by atoms with van der Waals surface area (Å²) in [6, 6.07) is 23.6. The minimum absolute atomic E-state index is 0.0439. The van der Waals surface area contributed by atoms with Crippen molar-refractivity contribution in [1.29, 1.82) is 0 Å². The summed E-state index contributed by atoms with van der Waals surface area (Å²) in [7, 11) is -3.72. The lowest BCUT2D eigenvalue weighted by atomic mass is 10.2. The minimum atomic E-state index is -3.72. The summed E-state index contributed by atoms with van der Waals surface area (Å²) in [5.41, 5.74) is 7.58. The Labute approximate surface area is 219 Å². The van der Waals surface area contributed by atoms with Crippen molar-refractivity contribution in [2.24, 2.45) is 0 Å². The van der Waals surface area contributed by atoms with E-state index in [1.165, 1.54) is 18.4 Å². The molecule has 3 N–H and O–H groups in total. The number of halogens is 1. The molecule has 0 radical (unpaired) electrons. The maximum Gasteiger partial charge on any atom is 0.273 e. The maximum atomic E-state index is 12.8. The van der Waals surface area contributed by atoms with E-state index in [0.29, 0.717) is 33.4 Å². The second kappa shape index (κ2) is 11.8. The van der Waals surface area contributed by atoms with Crippen LogP contribution in [0.5, 0.6) is 5.75 Å². The second-order valence-electron chi connectivity index (χ2n) is 7.90. The van der Waals surface area contributed by atoms with Crippen molar-refractivity contribution in [3.05, 3.63) is 125 Å². The van der Waals surface area contributed by atoms with Crippen molar-refractivity contribution in [2.45, 2.75) is 18.0 Å². The first-order valence-electron chi connectivity index (χ1n) is 11.2. The fraction of sp³-hybridized carbons (Fsp3) is 0.0741. The molecule has 0 bridgehead atoms. The van der Waals surface area contributed by atoms with E-state index >= 15 is 0 Å². The molecule has 190 valence electrons. The van der Waals surface area contributed by atoms with E-state index in [1.54, 1.807) is 60.7 Å². The fourth-order valence-corrected chi connectivity index (χ4v) is 4.41. The number of ether oxygens (including phenoxy) is 1. The molecule has 1 heterocycles. The molecule has 0 fully saturated rings. The van der Waals surface area contributed by atoms with Gasteiger partial charge in [-0.1, -0.05) is 54.6 Å². The molecule has 37 heavy (non-hydrogen) atoms. The molecule has 0 aliphatic heterocycles. The van der Waals surface area contributed by atoms with Gasteiger partial charge in [-0.3, -0.25) is 15.6 Å². The van der Waals surface area contributed by atoms with Crippen LogP contribution in [0, 0.1) is 0 Å². The Kier molecular flexibility index (Phi) is 8.29. The summed E-state index contributed by atoms with van der Waals surface area (Å²) in [5.74, 6) is 0.499. The van der Waals surface area contributed by atoms with Crippen molar-refractivity contribution in [3.8, 4) is 5.75 Å². The molecule has 1 aromatic heterocycles. The van der Waals surface area contributed by atoms with Crippen LogP contribution in [0.2, 0.25) is 5.02 Å². The minimum Gasteiger partial charge on any atom is -0.488 e. The molecule has 3 aromatic carbocycles. The molecule has 0 atom stereocenters. The SMILES string of the molecule is C=C(NNC(=O)c1ccccc1OCc1ccc(Cl)cc1)c1ccc(S(=O)(=O)NCc2ccco2)cc1. The van der Waals surface area contributed by atoms with E-state index in [4.69, 9.17) is 20.8 Å². The summed E-state index contributed by atoms with van der Waals surface area (Å²) in [5, 5.41) is 0.632. The van der Waals surface area contributed by atoms with Gasteiger partial charge in [-0.2, -0.15) is 0 Å². The Morgan fingerprint density at radius 3 is 2.35 bits per heavy atom. The number of amides is 1. The first-order chi connectivity index (χ1) is 17.8. The average Bonchev–Trinajstić information content (AvgIpc) is 3.44. The fourth-order valence-electron chi connectivity index (χ4n) is 3.29. The maximum absolute atomic E-state index is 12.8. The van der Waals surface area contributed by atoms with Gasteiger partial charge in [0.2, 0.25) is 10.0 Å². The number of nitrogens with one attached hydrogen (secondary N) is 3. The number of para-hydroxylation sites is 1. The van der Waals surface area contributed by atoms with Crippen molar-refractivity contribution in [3.63, 3.8) is 0 Å². The van der Waals surface area contributed by atoms with Crippen LogP contribution < -0.4 is 20.3 Å². The smallest absolute Gasteiger partial charge is 0.273 e. The molecule has 0 aliphatic carbocycles. The third-order valence-electron chi connectivity index (χ3n) is 5.30. The number of furan rings is 1. The van der Waals surface area contributed by atoms with Gasteiger partial charge in [-0.05, 0) is 59.7 Å². The Balaban J connectivity index is 1.33. The van der Waals surface area contributed by atoms with Gasteiger partial charge in [0, 0.05) is 5.02 Å². The first kappa shape index (κ1) is 26.0. The number of carbonyl (C=O) groups excluding carboxylic acids is 1. The van der Waals surface area contributed by atoms with Crippen LogP contribution in [-0.2, 0) is 23.2 Å². The first-order valence-corrected chi connectivity index (χ1v) is 13.0. The highest BCUT2D eigenvalue weighted by atomic mass is 35.5. The molecule has 0 unspecified atom stereocenters. The van der Waals surface area contributed by atoms with E-state index in [1.807, 2.05) is 12.1 Å². The van der Waals surface area contributed by atoms with Crippen LogP contribution in [0.3, 0.4) is 0 Å². The van der Waals surface area contributed by atoms with Gasteiger partial charge in [0.25, 0.3) is 5.91 Å². The molecular formula is C27H24ClN3O5S. The zero-order valence-electron chi connectivity index (χ0n) is 19.6. The summed E-state index contributed by atoms with van der Waals surface area (Å²) < 4.78 is 38.5. The predicted octanol–water partition coefficient (Wildman–Crippen LogP) is 4.90. The number of sulfonamides is 1. The van der Waals surface area contributed by atoms with Crippen LogP contribution >= 0.6 is 11.6 Å². The standard InChI is InChI=1S/C27H24ClN3O5S/c1-19(21-10-14-24(15-11-21)37(33,34)29-17-23-5-4-16-35-23)30-31-27(32)25-6-2-3-7-26(25)36-18-20-8-12-22(28)13-9-20/h2-16,29-30H,1,17-18H2,(H,31,32).